The molecule has 2 N–H and O–H groups in total. The molecule has 1 aliphatic heterocycles. The predicted octanol–water partition coefficient (Wildman–Crippen LogP) is 3.57. The summed E-state index contributed by atoms with van der Waals surface area (Å²) in [6.45, 7) is 4.19. The minimum absolute atomic E-state index is 0.0424. The van der Waals surface area contributed by atoms with Gasteiger partial charge in [0.15, 0.2) is 0 Å². The van der Waals surface area contributed by atoms with E-state index in [-0.39, 0.29) is 48.9 Å². The van der Waals surface area contributed by atoms with Gasteiger partial charge in [0, 0.05) is 36.2 Å². The normalized spacial score (nSPS) is 13.6. The summed E-state index contributed by atoms with van der Waals surface area (Å²) in [6, 6.07) is 13.7. The molecule has 0 aromatic heterocycles. The number of nitrogens with zero attached hydrogens (tertiary/aromatic N) is 1. The Morgan fingerprint density at radius 2 is 1.40 bits per heavy atom. The van der Waals surface area contributed by atoms with Crippen LogP contribution in [-0.4, -0.2) is 28.5 Å². The van der Waals surface area contributed by atoms with Crippen molar-refractivity contribution in [3.05, 3.63) is 59.7 Å². The van der Waals surface area contributed by atoms with Crippen molar-refractivity contribution in [1.29, 1.82) is 0 Å². The molecule has 0 radical (unpaired) electrons. The third kappa shape index (κ3) is 5.53. The van der Waals surface area contributed by atoms with E-state index in [9.17, 15) is 19.2 Å². The summed E-state index contributed by atoms with van der Waals surface area (Å²) in [5, 5.41) is 5.63. The molecule has 4 amide bonds. The first-order chi connectivity index (χ1) is 14.3. The Labute approximate surface area is 175 Å². The fourth-order valence-corrected chi connectivity index (χ4v) is 3.17. The second-order valence-corrected chi connectivity index (χ2v) is 7.75. The molecule has 0 aliphatic carbocycles. The molecule has 7 nitrogen and oxygen atoms in total. The minimum Gasteiger partial charge on any atom is -0.326 e. The molecule has 1 aliphatic rings. The number of hydrogen-bond acceptors (Lipinski definition) is 4. The fraction of sp³-hybridized carbons (Fsp3) is 0.304. The molecule has 2 aromatic rings. The number of rotatable bonds is 7. The smallest absolute Gasteiger partial charge is 0.255 e. The lowest BCUT2D eigenvalue weighted by Gasteiger charge is -2.14. The Morgan fingerprint density at radius 3 is 1.93 bits per heavy atom. The van der Waals surface area contributed by atoms with Gasteiger partial charge in [0.05, 0.1) is 6.54 Å². The molecular weight excluding hydrogens is 382 g/mol. The number of imide groups is 1. The molecule has 3 rings (SSSR count). The summed E-state index contributed by atoms with van der Waals surface area (Å²) in [4.78, 5) is 49.0. The van der Waals surface area contributed by atoms with E-state index < -0.39 is 0 Å². The van der Waals surface area contributed by atoms with Gasteiger partial charge >= 0.3 is 0 Å². The predicted molar refractivity (Wildman–Crippen MR) is 114 cm³/mol. The third-order valence-electron chi connectivity index (χ3n) is 4.73. The maximum Gasteiger partial charge on any atom is 0.255 e. The average molecular weight is 407 g/mol. The van der Waals surface area contributed by atoms with Crippen molar-refractivity contribution in [1.82, 2.24) is 4.90 Å². The highest BCUT2D eigenvalue weighted by atomic mass is 16.2. The molecule has 1 saturated heterocycles. The largest absolute Gasteiger partial charge is 0.326 e. The van der Waals surface area contributed by atoms with Gasteiger partial charge in [-0.25, -0.2) is 0 Å². The van der Waals surface area contributed by atoms with E-state index in [2.05, 4.69) is 10.6 Å². The Kier molecular flexibility index (Phi) is 6.61. The first-order valence-electron chi connectivity index (χ1n) is 9.95. The monoisotopic (exact) mass is 407 g/mol. The zero-order valence-corrected chi connectivity index (χ0v) is 17.1. The Hall–Kier alpha value is -3.48. The van der Waals surface area contributed by atoms with Gasteiger partial charge in [-0.1, -0.05) is 26.0 Å². The summed E-state index contributed by atoms with van der Waals surface area (Å²) in [7, 11) is 0. The highest BCUT2D eigenvalue weighted by Gasteiger charge is 2.28. The Bertz CT molecular complexity index is 933. The van der Waals surface area contributed by atoms with Crippen LogP contribution in [0.5, 0.6) is 0 Å². The van der Waals surface area contributed by atoms with Crippen LogP contribution in [0.4, 0.5) is 11.4 Å². The van der Waals surface area contributed by atoms with Gasteiger partial charge in [-0.3, -0.25) is 24.1 Å². The van der Waals surface area contributed by atoms with Crippen LogP contribution in [0.3, 0.4) is 0 Å². The second kappa shape index (κ2) is 9.35. The lowest BCUT2D eigenvalue weighted by Crippen LogP contribution is -2.28. The molecule has 0 bridgehead atoms. The SMILES string of the molecule is CC(C)CC(=O)Nc1ccc(NC(=O)c2ccc(CN3C(=O)CCC3=O)cc2)cc1. The van der Waals surface area contributed by atoms with Crippen LogP contribution >= 0.6 is 0 Å². The van der Waals surface area contributed by atoms with E-state index in [1.165, 1.54) is 4.90 Å². The van der Waals surface area contributed by atoms with Gasteiger partial charge in [-0.05, 0) is 47.9 Å². The van der Waals surface area contributed by atoms with Gasteiger partial charge in [0.2, 0.25) is 17.7 Å². The number of likely N-dealkylation sites (tertiary alicyclic amines) is 1. The highest BCUT2D eigenvalue weighted by molar-refractivity contribution is 6.04. The Balaban J connectivity index is 1.56. The van der Waals surface area contributed by atoms with Crippen molar-refractivity contribution < 1.29 is 19.2 Å². The molecule has 0 spiro atoms. The van der Waals surface area contributed by atoms with E-state index in [0.717, 1.165) is 5.56 Å². The minimum atomic E-state index is -0.272. The zero-order chi connectivity index (χ0) is 21.7. The molecule has 7 heteroatoms. The standard InChI is InChI=1S/C23H25N3O4/c1-15(2)13-20(27)24-18-7-9-19(10-8-18)25-23(30)17-5-3-16(4-6-17)14-26-21(28)11-12-22(26)29/h3-10,15H,11-14H2,1-2H3,(H,24,27)(H,25,30). The van der Waals surface area contributed by atoms with Crippen LogP contribution in [0.15, 0.2) is 48.5 Å². The van der Waals surface area contributed by atoms with Gasteiger partial charge < -0.3 is 10.6 Å². The van der Waals surface area contributed by atoms with Crippen LogP contribution in [0.1, 0.15) is 49.0 Å². The summed E-state index contributed by atoms with van der Waals surface area (Å²) in [5.74, 6) is -0.353. The molecular formula is C23H25N3O4. The maximum atomic E-state index is 12.5. The van der Waals surface area contributed by atoms with Crippen molar-refractivity contribution in [2.24, 2.45) is 5.92 Å². The van der Waals surface area contributed by atoms with Crippen LogP contribution in [0, 0.1) is 5.92 Å². The molecule has 0 atom stereocenters. The fourth-order valence-electron chi connectivity index (χ4n) is 3.17. The number of hydrogen-bond donors (Lipinski definition) is 2. The molecule has 1 fully saturated rings. The summed E-state index contributed by atoms with van der Waals surface area (Å²) < 4.78 is 0. The van der Waals surface area contributed by atoms with Crippen LogP contribution in [0.2, 0.25) is 0 Å². The van der Waals surface area contributed by atoms with Gasteiger partial charge in [0.25, 0.3) is 5.91 Å². The average Bonchev–Trinajstić information content (AvgIpc) is 3.01. The lowest BCUT2D eigenvalue weighted by molar-refractivity contribution is -0.139. The van der Waals surface area contributed by atoms with Crippen LogP contribution in [0.25, 0.3) is 0 Å². The van der Waals surface area contributed by atoms with E-state index in [1.54, 1.807) is 48.5 Å². The van der Waals surface area contributed by atoms with Crippen LogP contribution < -0.4 is 10.6 Å². The molecule has 0 unspecified atom stereocenters. The zero-order valence-electron chi connectivity index (χ0n) is 17.1. The van der Waals surface area contributed by atoms with Crippen molar-refractivity contribution in [3.8, 4) is 0 Å². The van der Waals surface area contributed by atoms with Crippen molar-refractivity contribution in [2.75, 3.05) is 10.6 Å². The van der Waals surface area contributed by atoms with Crippen molar-refractivity contribution in [3.63, 3.8) is 0 Å². The lowest BCUT2D eigenvalue weighted by atomic mass is 10.1. The van der Waals surface area contributed by atoms with E-state index in [1.807, 2.05) is 13.8 Å². The summed E-state index contributed by atoms with van der Waals surface area (Å²) >= 11 is 0. The van der Waals surface area contributed by atoms with Crippen molar-refractivity contribution in [2.45, 2.75) is 39.7 Å². The van der Waals surface area contributed by atoms with Gasteiger partial charge in [-0.15, -0.1) is 0 Å². The molecule has 1 heterocycles. The molecule has 30 heavy (non-hydrogen) atoms. The van der Waals surface area contributed by atoms with Crippen molar-refractivity contribution >= 4 is 35.0 Å². The quantitative estimate of drug-likeness (QED) is 0.686. The van der Waals surface area contributed by atoms with Gasteiger partial charge in [-0.2, -0.15) is 0 Å². The van der Waals surface area contributed by atoms with E-state index >= 15 is 0 Å². The number of carbonyl (C=O) groups is 4. The van der Waals surface area contributed by atoms with Crippen LogP contribution in [-0.2, 0) is 20.9 Å². The van der Waals surface area contributed by atoms with E-state index in [0.29, 0.717) is 23.4 Å². The number of benzene rings is 2. The molecule has 2 aromatic carbocycles. The Morgan fingerprint density at radius 1 is 0.867 bits per heavy atom. The first kappa shape index (κ1) is 21.2. The molecule has 156 valence electrons. The second-order valence-electron chi connectivity index (χ2n) is 7.75. The number of amides is 4. The number of nitrogens with one attached hydrogen (secondary N) is 2. The first-order valence-corrected chi connectivity index (χ1v) is 9.95. The maximum absolute atomic E-state index is 12.5. The summed E-state index contributed by atoms with van der Waals surface area (Å²) in [5.41, 5.74) is 2.54. The molecule has 0 saturated carbocycles. The summed E-state index contributed by atoms with van der Waals surface area (Å²) in [6.07, 6.45) is 0.980. The topological polar surface area (TPSA) is 95.6 Å². The number of carbonyl (C=O) groups excluding carboxylic acids is 4. The third-order valence-corrected chi connectivity index (χ3v) is 4.73. The van der Waals surface area contributed by atoms with Gasteiger partial charge in [0.1, 0.15) is 0 Å². The van der Waals surface area contributed by atoms with E-state index in [4.69, 9.17) is 0 Å². The highest BCUT2D eigenvalue weighted by Crippen LogP contribution is 2.18. The number of anilines is 2.